The Hall–Kier alpha value is -1.83. The number of allylic oxidation sites excluding steroid dienone is 2. The highest BCUT2D eigenvalue weighted by Gasteiger charge is 1.92. The Labute approximate surface area is 84.0 Å². The van der Waals surface area contributed by atoms with Crippen molar-refractivity contribution >= 4 is 12.0 Å². The molecule has 2 nitrogen and oxygen atoms in total. The quantitative estimate of drug-likeness (QED) is 0.580. The molecule has 0 unspecified atom stereocenters. The van der Waals surface area contributed by atoms with Gasteiger partial charge in [0.2, 0.25) is 0 Å². The molecule has 1 aromatic carbocycles. The van der Waals surface area contributed by atoms with Crippen LogP contribution in [0.5, 0.6) is 0 Å². The molecule has 0 aliphatic carbocycles. The summed E-state index contributed by atoms with van der Waals surface area (Å²) in [5, 5.41) is 3.10. The lowest BCUT2D eigenvalue weighted by atomic mass is 10.2. The molecule has 1 rings (SSSR count). The first-order chi connectivity index (χ1) is 6.76. The minimum atomic E-state index is 0.673. The zero-order valence-corrected chi connectivity index (χ0v) is 8.16. The minimum absolute atomic E-state index is 0.673. The highest BCUT2D eigenvalue weighted by molar-refractivity contribution is 5.75. The molecule has 14 heavy (non-hydrogen) atoms. The molecule has 0 fully saturated rings. The van der Waals surface area contributed by atoms with E-state index in [9.17, 15) is 4.79 Å². The smallest absolute Gasteiger partial charge is 0.150 e. The summed E-state index contributed by atoms with van der Waals surface area (Å²) in [5.74, 6) is 0. The van der Waals surface area contributed by atoms with Gasteiger partial charge in [0.1, 0.15) is 6.29 Å². The summed E-state index contributed by atoms with van der Waals surface area (Å²) in [6, 6.07) is 7.22. The van der Waals surface area contributed by atoms with Gasteiger partial charge >= 0.3 is 0 Å². The van der Waals surface area contributed by atoms with Gasteiger partial charge in [-0.25, -0.2) is 0 Å². The second-order valence-corrected chi connectivity index (χ2v) is 2.89. The fraction of sp³-hybridized carbons (Fsp3) is 0.0833. The molecule has 72 valence electrons. The van der Waals surface area contributed by atoms with Crippen LogP contribution in [0.2, 0.25) is 0 Å². The maximum atomic E-state index is 10.4. The lowest BCUT2D eigenvalue weighted by molar-refractivity contribution is 0.112. The van der Waals surface area contributed by atoms with Crippen LogP contribution in [-0.2, 0) is 0 Å². The SMILES string of the molecule is C=C(/C=C\C)Nc1ccc(C=O)cc1. The van der Waals surface area contributed by atoms with Gasteiger partial charge in [-0.15, -0.1) is 0 Å². The van der Waals surface area contributed by atoms with E-state index in [1.807, 2.05) is 31.2 Å². The van der Waals surface area contributed by atoms with E-state index < -0.39 is 0 Å². The van der Waals surface area contributed by atoms with Gasteiger partial charge in [-0.05, 0) is 37.3 Å². The van der Waals surface area contributed by atoms with E-state index in [0.717, 1.165) is 17.7 Å². The van der Waals surface area contributed by atoms with Crippen molar-refractivity contribution in [3.8, 4) is 0 Å². The van der Waals surface area contributed by atoms with Crippen molar-refractivity contribution < 1.29 is 4.79 Å². The number of hydrogen-bond acceptors (Lipinski definition) is 2. The molecule has 0 heterocycles. The molecule has 0 aliphatic rings. The highest BCUT2D eigenvalue weighted by Crippen LogP contribution is 2.10. The monoisotopic (exact) mass is 187 g/mol. The third-order valence-electron chi connectivity index (χ3n) is 1.72. The van der Waals surface area contributed by atoms with Gasteiger partial charge in [-0.3, -0.25) is 4.79 Å². The molecular weight excluding hydrogens is 174 g/mol. The molecule has 0 atom stereocenters. The number of rotatable bonds is 4. The number of carbonyl (C=O) groups excluding carboxylic acids is 1. The summed E-state index contributed by atoms with van der Waals surface area (Å²) in [6.45, 7) is 5.75. The summed E-state index contributed by atoms with van der Waals surface area (Å²) >= 11 is 0. The summed E-state index contributed by atoms with van der Waals surface area (Å²) in [6.07, 6.45) is 4.62. The number of benzene rings is 1. The van der Waals surface area contributed by atoms with Gasteiger partial charge in [0.15, 0.2) is 0 Å². The fourth-order valence-electron chi connectivity index (χ4n) is 1.07. The molecule has 0 radical (unpaired) electrons. The van der Waals surface area contributed by atoms with Crippen molar-refractivity contribution in [3.05, 3.63) is 54.3 Å². The first-order valence-corrected chi connectivity index (χ1v) is 4.40. The largest absolute Gasteiger partial charge is 0.356 e. The lowest BCUT2D eigenvalue weighted by Crippen LogP contribution is -1.94. The van der Waals surface area contributed by atoms with Crippen molar-refractivity contribution in [1.82, 2.24) is 0 Å². The van der Waals surface area contributed by atoms with Crippen LogP contribution < -0.4 is 5.32 Å². The Balaban J connectivity index is 2.68. The van der Waals surface area contributed by atoms with Crippen LogP contribution in [-0.4, -0.2) is 6.29 Å². The highest BCUT2D eigenvalue weighted by atomic mass is 16.1. The van der Waals surface area contributed by atoms with E-state index >= 15 is 0 Å². The fourth-order valence-corrected chi connectivity index (χ4v) is 1.07. The predicted octanol–water partition coefficient (Wildman–Crippen LogP) is 3.00. The maximum absolute atomic E-state index is 10.4. The minimum Gasteiger partial charge on any atom is -0.356 e. The van der Waals surface area contributed by atoms with E-state index in [1.54, 1.807) is 12.1 Å². The normalized spacial score (nSPS) is 10.1. The van der Waals surface area contributed by atoms with Gasteiger partial charge in [0.25, 0.3) is 0 Å². The lowest BCUT2D eigenvalue weighted by Gasteiger charge is -2.05. The van der Waals surface area contributed by atoms with Crippen LogP contribution in [0.25, 0.3) is 0 Å². The molecule has 1 aromatic rings. The van der Waals surface area contributed by atoms with E-state index in [0.29, 0.717) is 5.56 Å². The summed E-state index contributed by atoms with van der Waals surface area (Å²) in [5.41, 5.74) is 2.43. The number of carbonyl (C=O) groups is 1. The molecular formula is C12H13NO. The van der Waals surface area contributed by atoms with Gasteiger partial charge < -0.3 is 5.32 Å². The Morgan fingerprint density at radius 2 is 2.00 bits per heavy atom. The van der Waals surface area contributed by atoms with Gasteiger partial charge in [-0.1, -0.05) is 12.7 Å². The molecule has 0 spiro atoms. The van der Waals surface area contributed by atoms with E-state index in [4.69, 9.17) is 0 Å². The van der Waals surface area contributed by atoms with Crippen LogP contribution in [0.15, 0.2) is 48.7 Å². The van der Waals surface area contributed by atoms with Crippen molar-refractivity contribution in [3.63, 3.8) is 0 Å². The average Bonchev–Trinajstić information content (AvgIpc) is 2.19. The molecule has 0 amide bonds. The summed E-state index contributed by atoms with van der Waals surface area (Å²) in [4.78, 5) is 10.4. The molecule has 2 heteroatoms. The molecule has 0 saturated carbocycles. The standard InChI is InChI=1S/C12H13NO/c1-3-4-10(2)13-12-7-5-11(9-14)6-8-12/h3-9,13H,2H2,1H3/b4-3-. The molecule has 1 N–H and O–H groups in total. The molecule has 0 bridgehead atoms. The average molecular weight is 187 g/mol. The predicted molar refractivity (Wildman–Crippen MR) is 59.4 cm³/mol. The van der Waals surface area contributed by atoms with Crippen LogP contribution in [0.4, 0.5) is 5.69 Å². The zero-order chi connectivity index (χ0) is 10.4. The summed E-state index contributed by atoms with van der Waals surface area (Å²) in [7, 11) is 0. The van der Waals surface area contributed by atoms with Gasteiger partial charge in [0.05, 0.1) is 0 Å². The number of nitrogens with one attached hydrogen (secondary N) is 1. The molecule has 0 aromatic heterocycles. The summed E-state index contributed by atoms with van der Waals surface area (Å²) < 4.78 is 0. The zero-order valence-electron chi connectivity index (χ0n) is 8.16. The Morgan fingerprint density at radius 1 is 1.36 bits per heavy atom. The second kappa shape index (κ2) is 5.02. The Kier molecular flexibility index (Phi) is 3.68. The second-order valence-electron chi connectivity index (χ2n) is 2.89. The number of hydrogen-bond donors (Lipinski definition) is 1. The van der Waals surface area contributed by atoms with Crippen LogP contribution in [0.1, 0.15) is 17.3 Å². The third kappa shape index (κ3) is 2.90. The Bertz CT molecular complexity index is 349. The number of anilines is 1. The van der Waals surface area contributed by atoms with Crippen molar-refractivity contribution in [2.75, 3.05) is 5.32 Å². The van der Waals surface area contributed by atoms with Crippen LogP contribution in [0, 0.1) is 0 Å². The van der Waals surface area contributed by atoms with Crippen molar-refractivity contribution in [1.29, 1.82) is 0 Å². The van der Waals surface area contributed by atoms with E-state index in [2.05, 4.69) is 11.9 Å². The van der Waals surface area contributed by atoms with Gasteiger partial charge in [-0.2, -0.15) is 0 Å². The molecule has 0 aliphatic heterocycles. The van der Waals surface area contributed by atoms with E-state index in [1.165, 1.54) is 0 Å². The topological polar surface area (TPSA) is 29.1 Å². The third-order valence-corrected chi connectivity index (χ3v) is 1.72. The van der Waals surface area contributed by atoms with Crippen LogP contribution >= 0.6 is 0 Å². The Morgan fingerprint density at radius 3 is 2.50 bits per heavy atom. The van der Waals surface area contributed by atoms with Crippen molar-refractivity contribution in [2.45, 2.75) is 6.92 Å². The number of aldehydes is 1. The molecule has 0 saturated heterocycles. The first-order valence-electron chi connectivity index (χ1n) is 4.40. The first kappa shape index (κ1) is 10.3. The van der Waals surface area contributed by atoms with Crippen molar-refractivity contribution in [2.24, 2.45) is 0 Å². The van der Waals surface area contributed by atoms with Gasteiger partial charge in [0, 0.05) is 16.9 Å². The van der Waals surface area contributed by atoms with E-state index in [-0.39, 0.29) is 0 Å². The maximum Gasteiger partial charge on any atom is 0.150 e. The van der Waals surface area contributed by atoms with Crippen LogP contribution in [0.3, 0.4) is 0 Å².